The molecule has 0 unspecified atom stereocenters. The summed E-state index contributed by atoms with van der Waals surface area (Å²) < 4.78 is 10.3. The number of ether oxygens (including phenoxy) is 2. The molecular weight excluding hydrogens is 280 g/mol. The van der Waals surface area contributed by atoms with Gasteiger partial charge in [0.15, 0.2) is 17.8 Å². The van der Waals surface area contributed by atoms with E-state index in [1.165, 1.54) is 13.2 Å². The third-order valence-electron chi connectivity index (χ3n) is 3.05. The highest BCUT2D eigenvalue weighted by atomic mass is 16.6. The molecule has 112 valence electrons. The van der Waals surface area contributed by atoms with Crippen molar-refractivity contribution >= 4 is 18.3 Å². The summed E-state index contributed by atoms with van der Waals surface area (Å²) in [5.41, 5.74) is 2.29. The van der Waals surface area contributed by atoms with Crippen molar-refractivity contribution in [1.82, 2.24) is 0 Å². The van der Waals surface area contributed by atoms with Gasteiger partial charge in [0.2, 0.25) is 0 Å². The van der Waals surface area contributed by atoms with Gasteiger partial charge in [-0.05, 0) is 30.7 Å². The normalized spacial score (nSPS) is 10.5. The molecule has 22 heavy (non-hydrogen) atoms. The molecule has 0 atom stereocenters. The van der Waals surface area contributed by atoms with Crippen molar-refractivity contribution in [3.8, 4) is 11.5 Å². The van der Waals surface area contributed by atoms with Crippen LogP contribution in [0.2, 0.25) is 0 Å². The van der Waals surface area contributed by atoms with Crippen LogP contribution < -0.4 is 9.47 Å². The van der Waals surface area contributed by atoms with Gasteiger partial charge in [0, 0.05) is 6.08 Å². The molecule has 0 saturated carbocycles. The van der Waals surface area contributed by atoms with E-state index >= 15 is 0 Å². The van der Waals surface area contributed by atoms with Gasteiger partial charge >= 0.3 is 5.97 Å². The van der Waals surface area contributed by atoms with Crippen LogP contribution in [-0.4, -0.2) is 19.4 Å². The second kappa shape index (κ2) is 7.22. The summed E-state index contributed by atoms with van der Waals surface area (Å²) in [5.74, 6) is -0.117. The van der Waals surface area contributed by atoms with Crippen molar-refractivity contribution in [3.05, 3.63) is 65.2 Å². The molecule has 0 N–H and O–H groups in total. The first-order valence-corrected chi connectivity index (χ1v) is 6.73. The minimum atomic E-state index is -0.576. The van der Waals surface area contributed by atoms with Crippen LogP contribution in [0.25, 0.3) is 6.08 Å². The Labute approximate surface area is 129 Å². The lowest BCUT2D eigenvalue weighted by Crippen LogP contribution is -2.07. The van der Waals surface area contributed by atoms with Gasteiger partial charge in [-0.15, -0.1) is 0 Å². The van der Waals surface area contributed by atoms with Crippen molar-refractivity contribution in [2.45, 2.75) is 6.92 Å². The number of esters is 1. The molecule has 0 radical (unpaired) electrons. The van der Waals surface area contributed by atoms with E-state index in [4.69, 9.17) is 9.47 Å². The number of carbonyl (C=O) groups excluding carboxylic acids is 2. The van der Waals surface area contributed by atoms with Gasteiger partial charge in [-0.1, -0.05) is 35.9 Å². The molecule has 2 aromatic rings. The maximum atomic E-state index is 11.9. The van der Waals surface area contributed by atoms with E-state index in [1.807, 2.05) is 31.2 Å². The van der Waals surface area contributed by atoms with E-state index in [2.05, 4.69) is 0 Å². The van der Waals surface area contributed by atoms with Crippen LogP contribution in [0.4, 0.5) is 0 Å². The van der Waals surface area contributed by atoms with Gasteiger partial charge in [0.05, 0.1) is 12.7 Å². The molecule has 4 heteroatoms. The van der Waals surface area contributed by atoms with Gasteiger partial charge in [-0.2, -0.15) is 0 Å². The fourth-order valence-electron chi connectivity index (χ4n) is 1.87. The summed E-state index contributed by atoms with van der Waals surface area (Å²) in [5, 5.41) is 0. The molecule has 0 fully saturated rings. The van der Waals surface area contributed by atoms with E-state index in [0.29, 0.717) is 12.0 Å². The summed E-state index contributed by atoms with van der Waals surface area (Å²) in [6, 6.07) is 12.5. The van der Waals surface area contributed by atoms with E-state index < -0.39 is 5.97 Å². The van der Waals surface area contributed by atoms with Crippen LogP contribution in [-0.2, 0) is 4.79 Å². The predicted molar refractivity (Wildman–Crippen MR) is 84.2 cm³/mol. The number of para-hydroxylation sites is 1. The molecule has 2 aromatic carbocycles. The van der Waals surface area contributed by atoms with Gasteiger partial charge in [0.1, 0.15) is 0 Å². The Balaban J connectivity index is 2.15. The lowest BCUT2D eigenvalue weighted by Gasteiger charge is -2.09. The quantitative estimate of drug-likeness (QED) is 0.367. The fraction of sp³-hybridized carbons (Fsp3) is 0.111. The van der Waals surface area contributed by atoms with Crippen LogP contribution in [0.5, 0.6) is 11.5 Å². The highest BCUT2D eigenvalue weighted by Crippen LogP contribution is 2.30. The largest absolute Gasteiger partial charge is 0.493 e. The van der Waals surface area contributed by atoms with Gasteiger partial charge < -0.3 is 9.47 Å². The van der Waals surface area contributed by atoms with Gasteiger partial charge in [-0.3, -0.25) is 4.79 Å². The fourth-order valence-corrected chi connectivity index (χ4v) is 1.87. The van der Waals surface area contributed by atoms with Crippen LogP contribution in [0, 0.1) is 6.92 Å². The number of methoxy groups -OCH3 is 1. The van der Waals surface area contributed by atoms with Crippen molar-refractivity contribution in [2.75, 3.05) is 7.11 Å². The van der Waals surface area contributed by atoms with Crippen LogP contribution in [0.1, 0.15) is 21.5 Å². The van der Waals surface area contributed by atoms with Crippen LogP contribution >= 0.6 is 0 Å². The molecule has 0 aliphatic rings. The first-order chi connectivity index (χ1) is 10.6. The molecule has 4 nitrogen and oxygen atoms in total. The molecular formula is C18H16O4. The zero-order chi connectivity index (χ0) is 15.9. The minimum Gasteiger partial charge on any atom is -0.493 e. The Morgan fingerprint density at radius 3 is 2.45 bits per heavy atom. The minimum absolute atomic E-state index is 0.124. The second-order valence-corrected chi connectivity index (χ2v) is 4.66. The van der Waals surface area contributed by atoms with Crippen molar-refractivity contribution in [2.24, 2.45) is 0 Å². The predicted octanol–water partition coefficient (Wildman–Crippen LogP) is 3.43. The van der Waals surface area contributed by atoms with Crippen LogP contribution in [0.3, 0.4) is 0 Å². The number of benzene rings is 2. The van der Waals surface area contributed by atoms with E-state index in [-0.39, 0.29) is 11.3 Å². The summed E-state index contributed by atoms with van der Waals surface area (Å²) in [6.45, 7) is 1.99. The molecule has 0 aliphatic heterocycles. The van der Waals surface area contributed by atoms with Crippen molar-refractivity contribution in [3.63, 3.8) is 0 Å². The second-order valence-electron chi connectivity index (χ2n) is 4.66. The van der Waals surface area contributed by atoms with E-state index in [9.17, 15) is 9.59 Å². The monoisotopic (exact) mass is 296 g/mol. The zero-order valence-electron chi connectivity index (χ0n) is 12.4. The van der Waals surface area contributed by atoms with E-state index in [1.54, 1.807) is 24.3 Å². The SMILES string of the molecule is COc1cccc(C=O)c1OC(=O)C=Cc1ccc(C)cc1. The molecule has 0 bridgehead atoms. The molecule has 0 saturated heterocycles. The number of rotatable bonds is 5. The lowest BCUT2D eigenvalue weighted by molar-refractivity contribution is -0.129. The maximum absolute atomic E-state index is 11.9. The molecule has 0 spiro atoms. The Hall–Kier alpha value is -2.88. The molecule has 0 amide bonds. The Morgan fingerprint density at radius 2 is 1.82 bits per heavy atom. The molecule has 2 rings (SSSR count). The average Bonchev–Trinajstić information content (AvgIpc) is 2.54. The summed E-state index contributed by atoms with van der Waals surface area (Å²) in [7, 11) is 1.45. The van der Waals surface area contributed by atoms with Crippen molar-refractivity contribution in [1.29, 1.82) is 0 Å². The topological polar surface area (TPSA) is 52.6 Å². The van der Waals surface area contributed by atoms with Crippen molar-refractivity contribution < 1.29 is 19.1 Å². The van der Waals surface area contributed by atoms with E-state index in [0.717, 1.165) is 11.1 Å². The number of carbonyl (C=O) groups is 2. The average molecular weight is 296 g/mol. The molecule has 0 aromatic heterocycles. The number of hydrogen-bond acceptors (Lipinski definition) is 4. The first-order valence-electron chi connectivity index (χ1n) is 6.73. The zero-order valence-corrected chi connectivity index (χ0v) is 12.4. The standard InChI is InChI=1S/C18H16O4/c1-13-6-8-14(9-7-13)10-11-17(20)22-18-15(12-19)4-3-5-16(18)21-2/h3-12H,1-2H3. The highest BCUT2D eigenvalue weighted by Gasteiger charge is 2.12. The third-order valence-corrected chi connectivity index (χ3v) is 3.05. The maximum Gasteiger partial charge on any atom is 0.336 e. The van der Waals surface area contributed by atoms with Gasteiger partial charge in [-0.25, -0.2) is 4.79 Å². The Kier molecular flexibility index (Phi) is 5.09. The summed E-state index contributed by atoms with van der Waals surface area (Å²) in [4.78, 5) is 22.9. The Bertz CT molecular complexity index is 700. The highest BCUT2D eigenvalue weighted by molar-refractivity contribution is 5.91. The van der Waals surface area contributed by atoms with Gasteiger partial charge in [0.25, 0.3) is 0 Å². The summed E-state index contributed by atoms with van der Waals surface area (Å²) in [6.07, 6.45) is 3.58. The number of aldehydes is 1. The smallest absolute Gasteiger partial charge is 0.336 e. The number of hydrogen-bond donors (Lipinski definition) is 0. The van der Waals surface area contributed by atoms with Crippen LogP contribution in [0.15, 0.2) is 48.5 Å². The lowest BCUT2D eigenvalue weighted by atomic mass is 10.1. The first kappa shape index (κ1) is 15.5. The number of aryl methyl sites for hydroxylation is 1. The third kappa shape index (κ3) is 3.82. The Morgan fingerprint density at radius 1 is 1.09 bits per heavy atom. The summed E-state index contributed by atoms with van der Waals surface area (Å²) >= 11 is 0. The molecule has 0 aliphatic carbocycles. The molecule has 0 heterocycles.